The number of hydrogen-bond donors (Lipinski definition) is 2. The lowest BCUT2D eigenvalue weighted by Gasteiger charge is -2.30. The first-order chi connectivity index (χ1) is 8.64. The van der Waals surface area contributed by atoms with Gasteiger partial charge in [0.05, 0.1) is 0 Å². The highest BCUT2D eigenvalue weighted by atomic mass is 16.2. The minimum atomic E-state index is -0.0263. The Labute approximate surface area is 106 Å². The number of amides is 1. The summed E-state index contributed by atoms with van der Waals surface area (Å²) < 4.78 is 0. The number of tetrazole rings is 1. The van der Waals surface area contributed by atoms with Crippen LogP contribution < -0.4 is 5.32 Å². The summed E-state index contributed by atoms with van der Waals surface area (Å²) >= 11 is 0. The largest absolute Gasteiger partial charge is 0.350 e. The fourth-order valence-corrected chi connectivity index (χ4v) is 2.67. The quantitative estimate of drug-likeness (QED) is 0.815. The molecule has 2 saturated carbocycles. The number of aromatic nitrogens is 4. The van der Waals surface area contributed by atoms with Crippen LogP contribution in [-0.4, -0.2) is 32.1 Å². The topological polar surface area (TPSA) is 83.6 Å². The molecule has 1 aromatic rings. The van der Waals surface area contributed by atoms with Gasteiger partial charge in [-0.05, 0) is 38.5 Å². The molecule has 2 aliphatic carbocycles. The fraction of sp³-hybridized carbons (Fsp3) is 0.833. The smallest absolute Gasteiger partial charge is 0.224 e. The van der Waals surface area contributed by atoms with Crippen molar-refractivity contribution in [2.45, 2.75) is 51.0 Å². The van der Waals surface area contributed by atoms with E-state index >= 15 is 0 Å². The Balaban J connectivity index is 1.60. The van der Waals surface area contributed by atoms with Crippen LogP contribution in [0.4, 0.5) is 0 Å². The zero-order chi connectivity index (χ0) is 12.8. The van der Waals surface area contributed by atoms with E-state index in [0.717, 1.165) is 12.8 Å². The van der Waals surface area contributed by atoms with Crippen molar-refractivity contribution in [2.24, 2.45) is 11.8 Å². The second-order valence-corrected chi connectivity index (χ2v) is 5.75. The average Bonchev–Trinajstić information content (AvgIpc) is 3.28. The summed E-state index contributed by atoms with van der Waals surface area (Å²) in [5.74, 6) is 1.67. The van der Waals surface area contributed by atoms with Crippen molar-refractivity contribution in [1.82, 2.24) is 25.9 Å². The van der Waals surface area contributed by atoms with Crippen LogP contribution >= 0.6 is 0 Å². The van der Waals surface area contributed by atoms with Crippen LogP contribution in [0.25, 0.3) is 0 Å². The first-order valence-electron chi connectivity index (χ1n) is 6.69. The molecule has 0 aliphatic heterocycles. The molecule has 0 bridgehead atoms. The standard InChI is InChI=1S/C12H19N5O/c1-3-12(2,7-4-5-7)13-11(18)9-6-8(9)10-14-16-17-15-10/h7-9H,3-6H2,1-2H3,(H,13,18)(H,14,15,16,17)/t8-,9-,12?/m1/s1. The third-order valence-corrected chi connectivity index (χ3v) is 4.44. The maximum Gasteiger partial charge on any atom is 0.224 e. The van der Waals surface area contributed by atoms with Crippen LogP contribution in [0, 0.1) is 11.8 Å². The van der Waals surface area contributed by atoms with E-state index in [0.29, 0.717) is 11.7 Å². The Morgan fingerprint density at radius 2 is 2.33 bits per heavy atom. The lowest BCUT2D eigenvalue weighted by Crippen LogP contribution is -2.48. The molecule has 6 nitrogen and oxygen atoms in total. The Morgan fingerprint density at radius 1 is 1.56 bits per heavy atom. The first-order valence-corrected chi connectivity index (χ1v) is 6.69. The summed E-state index contributed by atoms with van der Waals surface area (Å²) in [6, 6.07) is 0. The van der Waals surface area contributed by atoms with Crippen molar-refractivity contribution in [3.63, 3.8) is 0 Å². The van der Waals surface area contributed by atoms with Crippen molar-refractivity contribution < 1.29 is 4.79 Å². The summed E-state index contributed by atoms with van der Waals surface area (Å²) in [5.41, 5.74) is -0.0263. The molecule has 18 heavy (non-hydrogen) atoms. The molecule has 3 atom stereocenters. The summed E-state index contributed by atoms with van der Waals surface area (Å²) in [7, 11) is 0. The van der Waals surface area contributed by atoms with Crippen LogP contribution in [-0.2, 0) is 4.79 Å². The van der Waals surface area contributed by atoms with Gasteiger partial charge in [0.2, 0.25) is 5.91 Å². The maximum atomic E-state index is 12.2. The zero-order valence-electron chi connectivity index (χ0n) is 10.8. The van der Waals surface area contributed by atoms with Crippen molar-refractivity contribution in [3.05, 3.63) is 5.82 Å². The van der Waals surface area contributed by atoms with Crippen molar-refractivity contribution in [1.29, 1.82) is 0 Å². The molecule has 0 radical (unpaired) electrons. The van der Waals surface area contributed by atoms with Gasteiger partial charge >= 0.3 is 0 Å². The number of hydrogen-bond acceptors (Lipinski definition) is 4. The van der Waals surface area contributed by atoms with Crippen molar-refractivity contribution in [2.75, 3.05) is 0 Å². The number of rotatable bonds is 5. The Hall–Kier alpha value is -1.46. The second-order valence-electron chi connectivity index (χ2n) is 5.75. The van der Waals surface area contributed by atoms with Gasteiger partial charge in [-0.2, -0.15) is 5.21 Å². The highest BCUT2D eigenvalue weighted by Gasteiger charge is 2.49. The van der Waals surface area contributed by atoms with Gasteiger partial charge in [-0.3, -0.25) is 4.79 Å². The molecule has 6 heteroatoms. The second kappa shape index (κ2) is 4.03. The molecule has 0 spiro atoms. The van der Waals surface area contributed by atoms with Crippen LogP contribution in [0.1, 0.15) is 51.3 Å². The third-order valence-electron chi connectivity index (χ3n) is 4.44. The molecule has 3 rings (SSSR count). The van der Waals surface area contributed by atoms with Gasteiger partial charge in [0, 0.05) is 17.4 Å². The van der Waals surface area contributed by atoms with Crippen LogP contribution in [0.3, 0.4) is 0 Å². The highest BCUT2D eigenvalue weighted by molar-refractivity contribution is 5.83. The van der Waals surface area contributed by atoms with Crippen LogP contribution in [0.15, 0.2) is 0 Å². The molecule has 2 aliphatic rings. The molecule has 1 amide bonds. The van der Waals surface area contributed by atoms with E-state index in [1.807, 2.05) is 0 Å². The molecular weight excluding hydrogens is 230 g/mol. The summed E-state index contributed by atoms with van der Waals surface area (Å²) in [6.07, 6.45) is 4.31. The average molecular weight is 249 g/mol. The molecule has 0 saturated heterocycles. The van der Waals surface area contributed by atoms with E-state index in [1.54, 1.807) is 0 Å². The van der Waals surface area contributed by atoms with Gasteiger partial charge in [0.1, 0.15) is 0 Å². The molecule has 1 aromatic heterocycles. The van der Waals surface area contributed by atoms with Crippen LogP contribution in [0.2, 0.25) is 0 Å². The first kappa shape index (κ1) is 11.6. The summed E-state index contributed by atoms with van der Waals surface area (Å²) in [4.78, 5) is 12.2. The fourth-order valence-electron chi connectivity index (χ4n) is 2.67. The third kappa shape index (κ3) is 2.00. The van der Waals surface area contributed by atoms with Crippen molar-refractivity contribution >= 4 is 5.91 Å². The molecule has 1 unspecified atom stereocenters. The predicted octanol–water partition coefficient (Wildman–Crippen LogP) is 0.998. The number of H-pyrrole nitrogens is 1. The van der Waals surface area contributed by atoms with Crippen molar-refractivity contribution in [3.8, 4) is 0 Å². The van der Waals surface area contributed by atoms with E-state index in [9.17, 15) is 4.79 Å². The monoisotopic (exact) mass is 249 g/mol. The number of nitrogens with one attached hydrogen (secondary N) is 2. The van der Waals surface area contributed by atoms with Gasteiger partial charge in [-0.25, -0.2) is 0 Å². The van der Waals surface area contributed by atoms with E-state index < -0.39 is 0 Å². The van der Waals surface area contributed by atoms with Gasteiger partial charge < -0.3 is 5.32 Å². The number of carbonyl (C=O) groups excluding carboxylic acids is 1. The minimum Gasteiger partial charge on any atom is -0.350 e. The molecular formula is C12H19N5O. The Bertz CT molecular complexity index is 441. The van der Waals surface area contributed by atoms with E-state index in [4.69, 9.17) is 0 Å². The molecule has 98 valence electrons. The Kier molecular flexibility index (Phi) is 2.60. The maximum absolute atomic E-state index is 12.2. The SMILES string of the molecule is CCC(C)(NC(=O)[C@@H]1C[C@H]1c1nn[nH]n1)C1CC1. The van der Waals surface area contributed by atoms with Gasteiger partial charge in [-0.15, -0.1) is 10.2 Å². The van der Waals surface area contributed by atoms with Gasteiger partial charge in [0.25, 0.3) is 0 Å². The molecule has 0 aromatic carbocycles. The Morgan fingerprint density at radius 3 is 2.89 bits per heavy atom. The van der Waals surface area contributed by atoms with Crippen LogP contribution in [0.5, 0.6) is 0 Å². The number of nitrogens with zero attached hydrogens (tertiary/aromatic N) is 3. The minimum absolute atomic E-state index is 0.0263. The zero-order valence-corrected chi connectivity index (χ0v) is 10.8. The van der Waals surface area contributed by atoms with Gasteiger partial charge in [-0.1, -0.05) is 12.1 Å². The lowest BCUT2D eigenvalue weighted by molar-refractivity contribution is -0.124. The van der Waals surface area contributed by atoms with Gasteiger partial charge in [0.15, 0.2) is 5.82 Å². The molecule has 1 heterocycles. The summed E-state index contributed by atoms with van der Waals surface area (Å²) in [6.45, 7) is 4.30. The number of aromatic amines is 1. The predicted molar refractivity (Wildman–Crippen MR) is 64.6 cm³/mol. The van der Waals surface area contributed by atoms with E-state index in [1.165, 1.54) is 12.8 Å². The lowest BCUT2D eigenvalue weighted by atomic mass is 9.92. The van der Waals surface area contributed by atoms with E-state index in [-0.39, 0.29) is 23.3 Å². The normalized spacial score (nSPS) is 29.7. The molecule has 2 N–H and O–H groups in total. The highest BCUT2D eigenvalue weighted by Crippen LogP contribution is 2.47. The van der Waals surface area contributed by atoms with E-state index in [2.05, 4.69) is 39.8 Å². The summed E-state index contributed by atoms with van der Waals surface area (Å²) in [5, 5.41) is 17.1. The molecule has 2 fully saturated rings. The number of carbonyl (C=O) groups is 1.